The Labute approximate surface area is 135 Å². The monoisotopic (exact) mass is 308 g/mol. The van der Waals surface area contributed by atoms with Crippen molar-refractivity contribution >= 4 is 17.0 Å². The Morgan fingerprint density at radius 1 is 1.09 bits per heavy atom. The molecule has 0 spiro atoms. The molecule has 2 aromatic heterocycles. The molecule has 2 heterocycles. The number of aryl methyl sites for hydroxylation is 1. The van der Waals surface area contributed by atoms with E-state index in [1.807, 2.05) is 12.1 Å². The highest BCUT2D eigenvalue weighted by molar-refractivity contribution is 5.71. The summed E-state index contributed by atoms with van der Waals surface area (Å²) in [5, 5.41) is 3.33. The van der Waals surface area contributed by atoms with Crippen LogP contribution in [0.4, 0.5) is 5.82 Å². The molecule has 0 bridgehead atoms. The topological polar surface area (TPSA) is 59.9 Å². The van der Waals surface area contributed by atoms with E-state index in [4.69, 9.17) is 4.74 Å². The predicted octanol–water partition coefficient (Wildman–Crippen LogP) is 3.73. The molecule has 5 nitrogen and oxygen atoms in total. The zero-order valence-electron chi connectivity index (χ0n) is 13.4. The van der Waals surface area contributed by atoms with Gasteiger partial charge in [-0.2, -0.15) is 0 Å². The first-order valence-electron chi connectivity index (χ1n) is 7.80. The van der Waals surface area contributed by atoms with Gasteiger partial charge in [0.1, 0.15) is 17.1 Å². The summed E-state index contributed by atoms with van der Waals surface area (Å²) >= 11 is 0. The minimum atomic E-state index is 0.642. The van der Waals surface area contributed by atoms with Gasteiger partial charge in [0, 0.05) is 24.5 Å². The maximum atomic E-state index is 5.84. The van der Waals surface area contributed by atoms with Gasteiger partial charge in [-0.15, -0.1) is 0 Å². The molecule has 0 aliphatic rings. The van der Waals surface area contributed by atoms with Gasteiger partial charge in [-0.1, -0.05) is 19.1 Å². The third kappa shape index (κ3) is 3.74. The van der Waals surface area contributed by atoms with E-state index in [0.717, 1.165) is 35.7 Å². The number of hydrogen-bond acceptors (Lipinski definition) is 5. The van der Waals surface area contributed by atoms with Crippen molar-refractivity contribution in [3.63, 3.8) is 0 Å². The number of nitrogens with zero attached hydrogens (tertiary/aromatic N) is 3. The molecule has 23 heavy (non-hydrogen) atoms. The lowest BCUT2D eigenvalue weighted by Gasteiger charge is -2.13. The second-order valence-electron chi connectivity index (χ2n) is 5.41. The summed E-state index contributed by atoms with van der Waals surface area (Å²) in [5.41, 5.74) is 3.74. The largest absolute Gasteiger partial charge is 0.493 e. The minimum Gasteiger partial charge on any atom is -0.493 e. The van der Waals surface area contributed by atoms with Gasteiger partial charge in [-0.25, -0.2) is 9.97 Å². The lowest BCUT2D eigenvalue weighted by atomic mass is 10.1. The highest BCUT2D eigenvalue weighted by atomic mass is 16.5. The third-order valence-electron chi connectivity index (χ3n) is 3.48. The summed E-state index contributed by atoms with van der Waals surface area (Å²) in [7, 11) is 0. The molecule has 1 aromatic carbocycles. The summed E-state index contributed by atoms with van der Waals surface area (Å²) in [6.07, 6.45) is 4.31. The molecule has 0 saturated heterocycles. The maximum absolute atomic E-state index is 5.84. The van der Waals surface area contributed by atoms with Gasteiger partial charge < -0.3 is 10.1 Å². The lowest BCUT2D eigenvalue weighted by molar-refractivity contribution is 0.314. The van der Waals surface area contributed by atoms with E-state index in [1.54, 1.807) is 12.4 Å². The Hall–Kier alpha value is -2.69. The van der Waals surface area contributed by atoms with Crippen LogP contribution in [0.1, 0.15) is 24.5 Å². The Kier molecular flexibility index (Phi) is 4.66. The molecule has 3 rings (SSSR count). The molecule has 1 N–H and O–H groups in total. The first kappa shape index (κ1) is 15.2. The molecular formula is C18H20N4O. The highest BCUT2D eigenvalue weighted by Gasteiger charge is 2.05. The Bertz CT molecular complexity index is 804. The fourth-order valence-electron chi connectivity index (χ4n) is 2.29. The van der Waals surface area contributed by atoms with E-state index < -0.39 is 0 Å². The van der Waals surface area contributed by atoms with Gasteiger partial charge in [0.15, 0.2) is 5.65 Å². The van der Waals surface area contributed by atoms with Gasteiger partial charge in [-0.05, 0) is 37.1 Å². The van der Waals surface area contributed by atoms with Crippen LogP contribution < -0.4 is 10.1 Å². The SMILES string of the molecule is CCCOc1cc(C)ccc1CNc1ccc2nccnc2n1. The first-order chi connectivity index (χ1) is 11.3. The van der Waals surface area contributed by atoms with Crippen molar-refractivity contribution in [1.82, 2.24) is 15.0 Å². The average molecular weight is 308 g/mol. The van der Waals surface area contributed by atoms with Crippen molar-refractivity contribution in [2.75, 3.05) is 11.9 Å². The van der Waals surface area contributed by atoms with Crippen LogP contribution in [0.25, 0.3) is 11.2 Å². The second kappa shape index (κ2) is 7.05. The van der Waals surface area contributed by atoms with Gasteiger partial charge in [-0.3, -0.25) is 4.98 Å². The van der Waals surface area contributed by atoms with Crippen molar-refractivity contribution in [1.29, 1.82) is 0 Å². The molecule has 0 unspecified atom stereocenters. The Balaban J connectivity index is 1.76. The zero-order valence-corrected chi connectivity index (χ0v) is 13.4. The van der Waals surface area contributed by atoms with Crippen molar-refractivity contribution in [3.8, 4) is 5.75 Å². The van der Waals surface area contributed by atoms with E-state index in [9.17, 15) is 0 Å². The van der Waals surface area contributed by atoms with Crippen LogP contribution in [0.3, 0.4) is 0 Å². The molecule has 3 aromatic rings. The van der Waals surface area contributed by atoms with Crippen molar-refractivity contribution in [2.45, 2.75) is 26.8 Å². The second-order valence-corrected chi connectivity index (χ2v) is 5.41. The number of ether oxygens (including phenoxy) is 1. The highest BCUT2D eigenvalue weighted by Crippen LogP contribution is 2.22. The van der Waals surface area contributed by atoms with E-state index in [0.29, 0.717) is 12.2 Å². The summed E-state index contributed by atoms with van der Waals surface area (Å²) < 4.78 is 5.84. The van der Waals surface area contributed by atoms with Crippen LogP contribution >= 0.6 is 0 Å². The molecule has 0 atom stereocenters. The first-order valence-corrected chi connectivity index (χ1v) is 7.80. The van der Waals surface area contributed by atoms with E-state index in [1.165, 1.54) is 5.56 Å². The normalized spacial score (nSPS) is 10.7. The van der Waals surface area contributed by atoms with Crippen molar-refractivity contribution in [3.05, 3.63) is 53.9 Å². The molecule has 5 heteroatoms. The number of benzene rings is 1. The summed E-state index contributed by atoms with van der Waals surface area (Å²) in [6.45, 7) is 5.55. The smallest absolute Gasteiger partial charge is 0.180 e. The maximum Gasteiger partial charge on any atom is 0.180 e. The van der Waals surface area contributed by atoms with E-state index in [-0.39, 0.29) is 0 Å². The molecule has 0 radical (unpaired) electrons. The number of pyridine rings is 1. The van der Waals surface area contributed by atoms with Crippen LogP contribution in [0, 0.1) is 6.92 Å². The zero-order chi connectivity index (χ0) is 16.1. The predicted molar refractivity (Wildman–Crippen MR) is 91.6 cm³/mol. The average Bonchev–Trinajstić information content (AvgIpc) is 2.59. The quantitative estimate of drug-likeness (QED) is 0.752. The molecule has 0 aliphatic heterocycles. The standard InChI is InChI=1S/C18H20N4O/c1-3-10-23-16-11-13(2)4-5-14(16)12-21-17-7-6-15-18(22-17)20-9-8-19-15/h4-9,11H,3,10,12H2,1-2H3,(H,20,21,22). The van der Waals surface area contributed by atoms with Crippen LogP contribution in [0.15, 0.2) is 42.7 Å². The minimum absolute atomic E-state index is 0.642. The van der Waals surface area contributed by atoms with Crippen LogP contribution in [-0.2, 0) is 6.54 Å². The van der Waals surface area contributed by atoms with Crippen LogP contribution in [0.5, 0.6) is 5.75 Å². The van der Waals surface area contributed by atoms with Gasteiger partial charge in [0.05, 0.1) is 6.61 Å². The van der Waals surface area contributed by atoms with Crippen LogP contribution in [0.2, 0.25) is 0 Å². The number of nitrogens with one attached hydrogen (secondary N) is 1. The van der Waals surface area contributed by atoms with Gasteiger partial charge in [0.25, 0.3) is 0 Å². The summed E-state index contributed by atoms with van der Waals surface area (Å²) in [6, 6.07) is 10.1. The number of hydrogen-bond donors (Lipinski definition) is 1. The third-order valence-corrected chi connectivity index (χ3v) is 3.48. The summed E-state index contributed by atoms with van der Waals surface area (Å²) in [5.74, 6) is 1.71. The van der Waals surface area contributed by atoms with E-state index >= 15 is 0 Å². The number of fused-ring (bicyclic) bond motifs is 1. The molecular weight excluding hydrogens is 288 g/mol. The fraction of sp³-hybridized carbons (Fsp3) is 0.278. The van der Waals surface area contributed by atoms with Gasteiger partial charge >= 0.3 is 0 Å². The molecule has 0 aliphatic carbocycles. The Morgan fingerprint density at radius 3 is 2.83 bits per heavy atom. The molecule has 0 saturated carbocycles. The fourth-order valence-corrected chi connectivity index (χ4v) is 2.29. The van der Waals surface area contributed by atoms with Gasteiger partial charge in [0.2, 0.25) is 0 Å². The molecule has 118 valence electrons. The van der Waals surface area contributed by atoms with E-state index in [2.05, 4.69) is 52.3 Å². The van der Waals surface area contributed by atoms with Crippen LogP contribution in [-0.4, -0.2) is 21.6 Å². The molecule has 0 amide bonds. The summed E-state index contributed by atoms with van der Waals surface area (Å²) in [4.78, 5) is 12.9. The lowest BCUT2D eigenvalue weighted by Crippen LogP contribution is -2.05. The van der Waals surface area contributed by atoms with Crippen molar-refractivity contribution < 1.29 is 4.74 Å². The molecule has 0 fully saturated rings. The number of aromatic nitrogens is 3. The van der Waals surface area contributed by atoms with Crippen molar-refractivity contribution in [2.24, 2.45) is 0 Å². The number of anilines is 1. The number of rotatable bonds is 6. The Morgan fingerprint density at radius 2 is 1.96 bits per heavy atom.